The van der Waals surface area contributed by atoms with E-state index in [1.54, 1.807) is 18.3 Å². The van der Waals surface area contributed by atoms with Crippen molar-refractivity contribution >= 4 is 28.9 Å². The molecule has 2 aromatic rings. The number of amides is 1. The lowest BCUT2D eigenvalue weighted by molar-refractivity contribution is -0.146. The van der Waals surface area contributed by atoms with Gasteiger partial charge in [0.05, 0.1) is 23.0 Å². The summed E-state index contributed by atoms with van der Waals surface area (Å²) in [5, 5.41) is 2.94. The standard InChI is InChI=1S/C20H24N2O4S/c1-5-9-25-20(24)12(3)22-16-10-14(15-11-27-13(4)21-15)7-8-18(16)26-17(6-2)19(22)23/h7-8,10-12,17H,5-6,9H2,1-4H3. The zero-order valence-corrected chi connectivity index (χ0v) is 16.8. The average Bonchev–Trinajstić information content (AvgIpc) is 3.11. The van der Waals surface area contributed by atoms with Crippen LogP contribution in [0.2, 0.25) is 0 Å². The Morgan fingerprint density at radius 3 is 2.81 bits per heavy atom. The maximum atomic E-state index is 13.0. The first kappa shape index (κ1) is 19.4. The number of anilines is 1. The second-order valence-corrected chi connectivity index (χ2v) is 7.56. The maximum absolute atomic E-state index is 13.0. The zero-order chi connectivity index (χ0) is 19.6. The van der Waals surface area contributed by atoms with Gasteiger partial charge in [-0.3, -0.25) is 9.69 Å². The maximum Gasteiger partial charge on any atom is 0.328 e. The molecule has 1 aliphatic rings. The second-order valence-electron chi connectivity index (χ2n) is 6.50. The molecule has 0 N–H and O–H groups in total. The van der Waals surface area contributed by atoms with E-state index in [-0.39, 0.29) is 5.91 Å². The molecule has 0 fully saturated rings. The summed E-state index contributed by atoms with van der Waals surface area (Å²) in [6.07, 6.45) is 0.654. The fraction of sp³-hybridized carbons (Fsp3) is 0.450. The van der Waals surface area contributed by atoms with Crippen LogP contribution in [-0.4, -0.2) is 35.6 Å². The third-order valence-corrected chi connectivity index (χ3v) is 5.24. The average molecular weight is 388 g/mol. The Morgan fingerprint density at radius 2 is 2.19 bits per heavy atom. The molecule has 6 nitrogen and oxygen atoms in total. The van der Waals surface area contributed by atoms with Gasteiger partial charge in [0.25, 0.3) is 5.91 Å². The SMILES string of the molecule is CCCOC(=O)C(C)N1C(=O)C(CC)Oc2ccc(-c3csc(C)n3)cc21. The molecule has 0 saturated heterocycles. The van der Waals surface area contributed by atoms with E-state index in [0.717, 1.165) is 22.7 Å². The molecule has 2 unspecified atom stereocenters. The predicted octanol–water partition coefficient (Wildman–Crippen LogP) is 3.96. The number of hydrogen-bond acceptors (Lipinski definition) is 6. The summed E-state index contributed by atoms with van der Waals surface area (Å²) in [4.78, 5) is 31.4. The molecule has 27 heavy (non-hydrogen) atoms. The summed E-state index contributed by atoms with van der Waals surface area (Å²) in [6, 6.07) is 4.89. The van der Waals surface area contributed by atoms with E-state index in [1.165, 1.54) is 4.90 Å². The smallest absolute Gasteiger partial charge is 0.328 e. The third-order valence-electron chi connectivity index (χ3n) is 4.46. The van der Waals surface area contributed by atoms with Gasteiger partial charge in [-0.25, -0.2) is 9.78 Å². The van der Waals surface area contributed by atoms with Gasteiger partial charge in [-0.2, -0.15) is 0 Å². The Hall–Kier alpha value is -2.41. The molecule has 0 spiro atoms. The number of carbonyl (C=O) groups excluding carboxylic acids is 2. The summed E-state index contributed by atoms with van der Waals surface area (Å²) < 4.78 is 11.1. The fourth-order valence-corrected chi connectivity index (χ4v) is 3.65. The van der Waals surface area contributed by atoms with Crippen LogP contribution in [0.4, 0.5) is 5.69 Å². The summed E-state index contributed by atoms with van der Waals surface area (Å²) >= 11 is 1.57. The largest absolute Gasteiger partial charge is 0.478 e. The van der Waals surface area contributed by atoms with Crippen LogP contribution < -0.4 is 9.64 Å². The van der Waals surface area contributed by atoms with E-state index in [4.69, 9.17) is 9.47 Å². The molecular weight excluding hydrogens is 364 g/mol. The van der Waals surface area contributed by atoms with Gasteiger partial charge in [0.2, 0.25) is 0 Å². The van der Waals surface area contributed by atoms with E-state index in [1.807, 2.05) is 44.4 Å². The molecule has 0 radical (unpaired) electrons. The third kappa shape index (κ3) is 3.83. The number of esters is 1. The van der Waals surface area contributed by atoms with Crippen LogP contribution >= 0.6 is 11.3 Å². The quantitative estimate of drug-likeness (QED) is 0.701. The lowest BCUT2D eigenvalue weighted by atomic mass is 10.1. The molecule has 144 valence electrons. The van der Waals surface area contributed by atoms with Crippen molar-refractivity contribution in [1.82, 2.24) is 4.98 Å². The Labute approximate surface area is 163 Å². The molecule has 1 aromatic heterocycles. The van der Waals surface area contributed by atoms with Crippen molar-refractivity contribution in [3.8, 4) is 17.0 Å². The number of rotatable bonds is 6. The number of nitrogens with zero attached hydrogens (tertiary/aromatic N) is 2. The van der Waals surface area contributed by atoms with Gasteiger partial charge >= 0.3 is 5.97 Å². The molecule has 2 heterocycles. The number of hydrogen-bond donors (Lipinski definition) is 0. The van der Waals surface area contributed by atoms with Crippen molar-refractivity contribution < 1.29 is 19.1 Å². The Bertz CT molecular complexity index is 848. The summed E-state index contributed by atoms with van der Waals surface area (Å²) in [6.45, 7) is 7.80. The first-order valence-electron chi connectivity index (χ1n) is 9.19. The van der Waals surface area contributed by atoms with Crippen molar-refractivity contribution in [1.29, 1.82) is 0 Å². The van der Waals surface area contributed by atoms with Gasteiger partial charge in [0, 0.05) is 10.9 Å². The zero-order valence-electron chi connectivity index (χ0n) is 16.0. The minimum absolute atomic E-state index is 0.224. The van der Waals surface area contributed by atoms with Gasteiger partial charge < -0.3 is 9.47 Å². The Kier molecular flexibility index (Phi) is 5.79. The molecule has 1 aliphatic heterocycles. The van der Waals surface area contributed by atoms with Crippen LogP contribution in [0.1, 0.15) is 38.6 Å². The van der Waals surface area contributed by atoms with Crippen LogP contribution in [0.25, 0.3) is 11.3 Å². The van der Waals surface area contributed by atoms with Crippen LogP contribution in [0.3, 0.4) is 0 Å². The van der Waals surface area contributed by atoms with E-state index in [9.17, 15) is 9.59 Å². The number of aryl methyl sites for hydroxylation is 1. The Balaban J connectivity index is 2.01. The number of aromatic nitrogens is 1. The van der Waals surface area contributed by atoms with Crippen molar-refractivity contribution in [2.24, 2.45) is 0 Å². The molecule has 1 aromatic carbocycles. The van der Waals surface area contributed by atoms with Crippen molar-refractivity contribution in [3.63, 3.8) is 0 Å². The molecular formula is C20H24N2O4S. The van der Waals surface area contributed by atoms with E-state index < -0.39 is 18.1 Å². The van der Waals surface area contributed by atoms with Crippen LogP contribution in [0, 0.1) is 6.92 Å². The molecule has 3 rings (SSSR count). The molecule has 1 amide bonds. The van der Waals surface area contributed by atoms with Gasteiger partial charge in [-0.05, 0) is 44.9 Å². The van der Waals surface area contributed by atoms with Crippen LogP contribution in [0.5, 0.6) is 5.75 Å². The first-order valence-corrected chi connectivity index (χ1v) is 10.1. The highest BCUT2D eigenvalue weighted by Gasteiger charge is 2.39. The summed E-state index contributed by atoms with van der Waals surface area (Å²) in [7, 11) is 0. The second kappa shape index (κ2) is 8.08. The van der Waals surface area contributed by atoms with Gasteiger partial charge in [-0.1, -0.05) is 13.8 Å². The monoisotopic (exact) mass is 388 g/mol. The lowest BCUT2D eigenvalue weighted by Crippen LogP contribution is -2.52. The molecule has 7 heteroatoms. The molecule has 0 aliphatic carbocycles. The van der Waals surface area contributed by atoms with Crippen LogP contribution in [-0.2, 0) is 14.3 Å². The molecule has 0 bridgehead atoms. The number of carbonyl (C=O) groups is 2. The minimum Gasteiger partial charge on any atom is -0.478 e. The lowest BCUT2D eigenvalue weighted by Gasteiger charge is -2.37. The van der Waals surface area contributed by atoms with E-state index in [0.29, 0.717) is 24.5 Å². The first-order chi connectivity index (χ1) is 13.0. The minimum atomic E-state index is -0.729. The van der Waals surface area contributed by atoms with Crippen LogP contribution in [0.15, 0.2) is 23.6 Å². The normalized spacial score (nSPS) is 17.3. The van der Waals surface area contributed by atoms with Crippen molar-refractivity contribution in [2.45, 2.75) is 52.7 Å². The molecule has 0 saturated carbocycles. The highest BCUT2D eigenvalue weighted by Crippen LogP contribution is 2.39. The van der Waals surface area contributed by atoms with Crippen molar-refractivity contribution in [2.75, 3.05) is 11.5 Å². The highest BCUT2D eigenvalue weighted by molar-refractivity contribution is 7.09. The fourth-order valence-electron chi connectivity index (χ4n) is 3.02. The van der Waals surface area contributed by atoms with Crippen molar-refractivity contribution in [3.05, 3.63) is 28.6 Å². The summed E-state index contributed by atoms with van der Waals surface area (Å²) in [5.41, 5.74) is 2.30. The van der Waals surface area contributed by atoms with E-state index >= 15 is 0 Å². The van der Waals surface area contributed by atoms with Gasteiger partial charge in [0.1, 0.15) is 11.8 Å². The summed E-state index contributed by atoms with van der Waals surface area (Å²) in [5.74, 6) is -0.0485. The number of ether oxygens (including phenoxy) is 2. The predicted molar refractivity (Wildman–Crippen MR) is 105 cm³/mol. The number of thiazole rings is 1. The number of fused-ring (bicyclic) bond motifs is 1. The molecule has 2 atom stereocenters. The topological polar surface area (TPSA) is 68.7 Å². The van der Waals surface area contributed by atoms with Gasteiger partial charge in [0.15, 0.2) is 6.10 Å². The van der Waals surface area contributed by atoms with E-state index in [2.05, 4.69) is 4.98 Å². The van der Waals surface area contributed by atoms with Gasteiger partial charge in [-0.15, -0.1) is 11.3 Å². The number of benzene rings is 1. The highest BCUT2D eigenvalue weighted by atomic mass is 32.1. The Morgan fingerprint density at radius 1 is 1.41 bits per heavy atom.